The zero-order valence-electron chi connectivity index (χ0n) is 12.2. The average Bonchev–Trinajstić information content (AvgIpc) is 2.49. The Bertz CT molecular complexity index is 438. The number of hydrogen-bond donors (Lipinski definition) is 2. The van der Waals surface area contributed by atoms with Gasteiger partial charge >= 0.3 is 0 Å². The highest BCUT2D eigenvalue weighted by molar-refractivity contribution is 14.1. The maximum absolute atomic E-state index is 9.55. The maximum Gasteiger partial charge on any atom is 0.189 e. The number of benzene rings is 1. The predicted octanol–water partition coefficient (Wildman–Crippen LogP) is 2.02. The van der Waals surface area contributed by atoms with Crippen molar-refractivity contribution < 1.29 is 29.2 Å². The topological polar surface area (TPSA) is 77.4 Å². The fourth-order valence-electron chi connectivity index (χ4n) is 1.67. The minimum atomic E-state index is -0.265. The van der Waals surface area contributed by atoms with Crippen LogP contribution in [0.5, 0.6) is 11.5 Å². The Morgan fingerprint density at radius 2 is 1.52 bits per heavy atom. The van der Waals surface area contributed by atoms with E-state index < -0.39 is 0 Å². The molecule has 1 aromatic rings. The van der Waals surface area contributed by atoms with Crippen molar-refractivity contribution in [2.45, 2.75) is 27.1 Å². The van der Waals surface area contributed by atoms with Gasteiger partial charge in [-0.2, -0.15) is 0 Å². The molecule has 0 aliphatic rings. The molecule has 0 spiro atoms. The van der Waals surface area contributed by atoms with Crippen LogP contribution in [-0.4, -0.2) is 37.0 Å². The molecule has 21 heavy (non-hydrogen) atoms. The lowest BCUT2D eigenvalue weighted by atomic mass is 10.1. The Balaban J connectivity index is 3.11. The molecule has 1 rings (SSSR count). The number of aliphatic hydroxyl groups excluding tert-OH is 2. The molecule has 120 valence electrons. The van der Waals surface area contributed by atoms with Gasteiger partial charge in [-0.05, 0) is 48.1 Å². The number of hydrogen-bond acceptors (Lipinski definition) is 6. The van der Waals surface area contributed by atoms with Gasteiger partial charge in [-0.25, -0.2) is 0 Å². The molecule has 7 heteroatoms. The first kappa shape index (κ1) is 18.4. The molecule has 0 saturated carbocycles. The minimum Gasteiger partial charge on any atom is -0.463 e. The van der Waals surface area contributed by atoms with Crippen LogP contribution in [-0.2, 0) is 22.7 Å². The lowest BCUT2D eigenvalue weighted by molar-refractivity contribution is 0.00451. The van der Waals surface area contributed by atoms with Gasteiger partial charge in [0.1, 0.15) is 0 Å². The first-order chi connectivity index (χ1) is 10.2. The Kier molecular flexibility index (Phi) is 8.93. The highest BCUT2D eigenvalue weighted by Gasteiger charge is 2.19. The van der Waals surface area contributed by atoms with Gasteiger partial charge in [0.15, 0.2) is 25.1 Å². The van der Waals surface area contributed by atoms with Crippen molar-refractivity contribution in [3.05, 3.63) is 20.8 Å². The Labute approximate surface area is 138 Å². The fraction of sp³-hybridized carbons (Fsp3) is 0.571. The van der Waals surface area contributed by atoms with Crippen LogP contribution in [0.1, 0.15) is 25.0 Å². The second kappa shape index (κ2) is 10.2. The van der Waals surface area contributed by atoms with E-state index in [9.17, 15) is 10.2 Å². The van der Waals surface area contributed by atoms with Crippen molar-refractivity contribution in [1.29, 1.82) is 0 Å². The van der Waals surface area contributed by atoms with E-state index in [0.29, 0.717) is 35.8 Å². The van der Waals surface area contributed by atoms with Gasteiger partial charge in [0.05, 0.1) is 16.8 Å². The molecule has 0 heterocycles. The third-order valence-electron chi connectivity index (χ3n) is 2.70. The second-order valence-corrected chi connectivity index (χ2v) is 5.14. The molecule has 0 aromatic heterocycles. The van der Waals surface area contributed by atoms with E-state index in [4.69, 9.17) is 18.9 Å². The molecule has 6 nitrogen and oxygen atoms in total. The summed E-state index contributed by atoms with van der Waals surface area (Å²) in [6, 6.07) is 1.75. The van der Waals surface area contributed by atoms with E-state index in [1.165, 1.54) is 0 Å². The van der Waals surface area contributed by atoms with E-state index in [-0.39, 0.29) is 26.8 Å². The zero-order valence-corrected chi connectivity index (χ0v) is 14.4. The molecular formula is C14H21IO6. The number of halogens is 1. The SMILES string of the molecule is CCOCOc1c(I)cc(CO)c(CO)c1OCOCC. The summed E-state index contributed by atoms with van der Waals surface area (Å²) in [5.41, 5.74) is 1.08. The van der Waals surface area contributed by atoms with Gasteiger partial charge in [-0.15, -0.1) is 0 Å². The molecule has 0 radical (unpaired) electrons. The van der Waals surface area contributed by atoms with E-state index in [2.05, 4.69) is 22.6 Å². The van der Waals surface area contributed by atoms with Crippen LogP contribution in [0.25, 0.3) is 0 Å². The first-order valence-corrected chi connectivity index (χ1v) is 7.74. The second-order valence-electron chi connectivity index (χ2n) is 3.98. The van der Waals surface area contributed by atoms with Crippen molar-refractivity contribution in [2.24, 2.45) is 0 Å². The zero-order chi connectivity index (χ0) is 15.7. The third kappa shape index (κ3) is 5.26. The van der Waals surface area contributed by atoms with Gasteiger partial charge in [-0.3, -0.25) is 0 Å². The van der Waals surface area contributed by atoms with Crippen molar-refractivity contribution >= 4 is 22.6 Å². The van der Waals surface area contributed by atoms with Gasteiger partial charge < -0.3 is 29.2 Å². The molecule has 0 aliphatic carbocycles. The van der Waals surface area contributed by atoms with Crippen molar-refractivity contribution in [1.82, 2.24) is 0 Å². The van der Waals surface area contributed by atoms with E-state index >= 15 is 0 Å². The third-order valence-corrected chi connectivity index (χ3v) is 3.50. The van der Waals surface area contributed by atoms with Crippen LogP contribution < -0.4 is 9.47 Å². The summed E-state index contributed by atoms with van der Waals surface area (Å²) in [6.45, 7) is 4.45. The lowest BCUT2D eigenvalue weighted by Crippen LogP contribution is -2.11. The molecule has 0 atom stereocenters. The highest BCUT2D eigenvalue weighted by atomic mass is 127. The summed E-state index contributed by atoms with van der Waals surface area (Å²) in [6.07, 6.45) is 0. The quantitative estimate of drug-likeness (QED) is 0.348. The van der Waals surface area contributed by atoms with Crippen LogP contribution in [0.4, 0.5) is 0 Å². The molecule has 0 unspecified atom stereocenters. The molecular weight excluding hydrogens is 391 g/mol. The van der Waals surface area contributed by atoms with Crippen LogP contribution in [0, 0.1) is 3.57 Å². The average molecular weight is 412 g/mol. The molecule has 0 bridgehead atoms. The normalized spacial score (nSPS) is 10.7. The smallest absolute Gasteiger partial charge is 0.189 e. The van der Waals surface area contributed by atoms with E-state index in [1.54, 1.807) is 6.07 Å². The Hall–Kier alpha value is -0.610. The predicted molar refractivity (Wildman–Crippen MR) is 85.2 cm³/mol. The van der Waals surface area contributed by atoms with Gasteiger partial charge in [-0.1, -0.05) is 0 Å². The summed E-state index contributed by atoms with van der Waals surface area (Å²) in [5, 5.41) is 19.0. The van der Waals surface area contributed by atoms with Crippen LogP contribution in [0.3, 0.4) is 0 Å². The molecule has 1 aromatic carbocycles. The van der Waals surface area contributed by atoms with Crippen LogP contribution >= 0.6 is 22.6 Å². The standard InChI is InChI=1S/C14H21IO6/c1-3-18-8-20-13-11(7-17)10(6-16)5-12(15)14(13)21-9-19-4-2/h5,16-17H,3-4,6-9H2,1-2H3. The van der Waals surface area contributed by atoms with Gasteiger partial charge in [0.2, 0.25) is 0 Å². The maximum atomic E-state index is 9.55. The largest absolute Gasteiger partial charge is 0.463 e. The minimum absolute atomic E-state index is 0.0411. The molecule has 0 saturated heterocycles. The van der Waals surface area contributed by atoms with E-state index in [1.807, 2.05) is 13.8 Å². The molecule has 0 amide bonds. The molecule has 0 fully saturated rings. The van der Waals surface area contributed by atoms with Gasteiger partial charge in [0.25, 0.3) is 0 Å². The van der Waals surface area contributed by atoms with Gasteiger partial charge in [0, 0.05) is 18.8 Å². The van der Waals surface area contributed by atoms with E-state index in [0.717, 1.165) is 3.57 Å². The monoisotopic (exact) mass is 412 g/mol. The summed E-state index contributed by atoms with van der Waals surface area (Å²) >= 11 is 2.09. The van der Waals surface area contributed by atoms with Crippen LogP contribution in [0.2, 0.25) is 0 Å². The fourth-order valence-corrected chi connectivity index (χ4v) is 2.44. The summed E-state index contributed by atoms with van der Waals surface area (Å²) in [4.78, 5) is 0. The number of rotatable bonds is 10. The summed E-state index contributed by atoms with van der Waals surface area (Å²) < 4.78 is 22.3. The summed E-state index contributed by atoms with van der Waals surface area (Å²) in [5.74, 6) is 0.853. The summed E-state index contributed by atoms with van der Waals surface area (Å²) in [7, 11) is 0. The van der Waals surface area contributed by atoms with Crippen molar-refractivity contribution in [2.75, 3.05) is 26.8 Å². The molecule has 2 N–H and O–H groups in total. The van der Waals surface area contributed by atoms with Crippen molar-refractivity contribution in [3.8, 4) is 11.5 Å². The number of ether oxygens (including phenoxy) is 4. The Morgan fingerprint density at radius 1 is 0.952 bits per heavy atom. The first-order valence-electron chi connectivity index (χ1n) is 6.66. The van der Waals surface area contributed by atoms with Crippen LogP contribution in [0.15, 0.2) is 6.07 Å². The lowest BCUT2D eigenvalue weighted by Gasteiger charge is -2.19. The molecule has 0 aliphatic heterocycles. The van der Waals surface area contributed by atoms with Crippen molar-refractivity contribution in [3.63, 3.8) is 0 Å². The number of aliphatic hydroxyl groups is 2. The highest BCUT2D eigenvalue weighted by Crippen LogP contribution is 2.38. The Morgan fingerprint density at radius 3 is 2.00 bits per heavy atom.